The summed E-state index contributed by atoms with van der Waals surface area (Å²) in [6, 6.07) is 7.52. The summed E-state index contributed by atoms with van der Waals surface area (Å²) in [5, 5.41) is 13.2. The van der Waals surface area contributed by atoms with Crippen molar-refractivity contribution in [3.8, 4) is 6.07 Å². The van der Waals surface area contributed by atoms with Gasteiger partial charge in [0, 0.05) is 22.7 Å². The average molecular weight is 253 g/mol. The van der Waals surface area contributed by atoms with Crippen LogP contribution in [0.3, 0.4) is 0 Å². The van der Waals surface area contributed by atoms with Crippen molar-refractivity contribution in [2.24, 2.45) is 0 Å². The van der Waals surface area contributed by atoms with Crippen LogP contribution in [0.25, 0.3) is 10.9 Å². The molecule has 1 unspecified atom stereocenters. The lowest BCUT2D eigenvalue weighted by Gasteiger charge is -2.21. The summed E-state index contributed by atoms with van der Waals surface area (Å²) >= 11 is 0. The van der Waals surface area contributed by atoms with E-state index in [0.717, 1.165) is 36.7 Å². The fourth-order valence-corrected chi connectivity index (χ4v) is 2.74. The molecule has 4 heteroatoms. The van der Waals surface area contributed by atoms with Crippen LogP contribution in [0.15, 0.2) is 24.4 Å². The van der Waals surface area contributed by atoms with Crippen LogP contribution in [0.1, 0.15) is 35.2 Å². The van der Waals surface area contributed by atoms with Gasteiger partial charge in [-0.25, -0.2) is 0 Å². The molecule has 1 aromatic carbocycles. The Hall–Kier alpha value is -2.12. The number of nitrogens with one attached hydrogen (secondary N) is 2. The smallest absolute Gasteiger partial charge is 0.181 e. The molecule has 1 saturated heterocycles. The van der Waals surface area contributed by atoms with Gasteiger partial charge in [-0.05, 0) is 31.5 Å². The van der Waals surface area contributed by atoms with Gasteiger partial charge in [0.05, 0.1) is 17.7 Å². The number of carbonyl (C=O) groups is 1. The predicted octanol–water partition coefficient (Wildman–Crippen LogP) is 2.36. The van der Waals surface area contributed by atoms with E-state index >= 15 is 0 Å². The Morgan fingerprint density at radius 1 is 1.37 bits per heavy atom. The zero-order chi connectivity index (χ0) is 13.2. The molecule has 0 aliphatic carbocycles. The molecule has 1 atom stereocenters. The topological polar surface area (TPSA) is 68.7 Å². The number of aromatic amines is 1. The van der Waals surface area contributed by atoms with Crippen molar-refractivity contribution in [2.45, 2.75) is 25.3 Å². The maximum absolute atomic E-state index is 12.6. The van der Waals surface area contributed by atoms with E-state index in [2.05, 4.69) is 16.4 Å². The van der Waals surface area contributed by atoms with Gasteiger partial charge in [-0.15, -0.1) is 0 Å². The number of fused-ring (bicyclic) bond motifs is 1. The number of carbonyl (C=O) groups excluding carboxylic acids is 1. The van der Waals surface area contributed by atoms with E-state index in [1.54, 1.807) is 12.3 Å². The molecule has 0 bridgehead atoms. The average Bonchev–Trinajstić information content (AvgIpc) is 2.91. The number of benzene rings is 1. The minimum atomic E-state index is -0.112. The van der Waals surface area contributed by atoms with Gasteiger partial charge in [0.25, 0.3) is 0 Å². The standard InChI is InChI=1S/C15H15N3O/c16-8-10-4-3-6-12-14(10)11(9-18-12)15(19)13-5-1-2-7-17-13/h3-4,6,9,13,17-18H,1-2,5,7H2. The van der Waals surface area contributed by atoms with E-state index in [1.807, 2.05) is 12.1 Å². The van der Waals surface area contributed by atoms with Crippen molar-refractivity contribution in [1.29, 1.82) is 5.26 Å². The molecular formula is C15H15N3O. The molecule has 2 N–H and O–H groups in total. The number of H-pyrrole nitrogens is 1. The van der Waals surface area contributed by atoms with E-state index in [4.69, 9.17) is 0 Å². The highest BCUT2D eigenvalue weighted by Crippen LogP contribution is 2.24. The predicted molar refractivity (Wildman–Crippen MR) is 73.0 cm³/mol. The number of hydrogen-bond acceptors (Lipinski definition) is 3. The molecule has 0 spiro atoms. The van der Waals surface area contributed by atoms with Gasteiger partial charge in [0.1, 0.15) is 0 Å². The number of ketones is 1. The fraction of sp³-hybridized carbons (Fsp3) is 0.333. The Balaban J connectivity index is 2.05. The molecular weight excluding hydrogens is 238 g/mol. The van der Waals surface area contributed by atoms with Crippen LogP contribution >= 0.6 is 0 Å². The summed E-state index contributed by atoms with van der Waals surface area (Å²) in [5.74, 6) is 0.0913. The molecule has 1 fully saturated rings. The van der Waals surface area contributed by atoms with Crippen molar-refractivity contribution in [2.75, 3.05) is 6.54 Å². The highest BCUT2D eigenvalue weighted by molar-refractivity contribution is 6.11. The molecule has 19 heavy (non-hydrogen) atoms. The van der Waals surface area contributed by atoms with Gasteiger partial charge in [-0.1, -0.05) is 12.5 Å². The SMILES string of the molecule is N#Cc1cccc2[nH]cc(C(=O)C3CCCCN3)c12. The number of rotatable bonds is 2. The van der Waals surface area contributed by atoms with Gasteiger partial charge < -0.3 is 10.3 Å². The third-order valence-corrected chi connectivity index (χ3v) is 3.72. The lowest BCUT2D eigenvalue weighted by molar-refractivity contribution is 0.0929. The Morgan fingerprint density at radius 2 is 2.26 bits per heavy atom. The summed E-state index contributed by atoms with van der Waals surface area (Å²) < 4.78 is 0. The summed E-state index contributed by atoms with van der Waals surface area (Å²) in [6.45, 7) is 0.893. The van der Waals surface area contributed by atoms with Crippen LogP contribution in [0, 0.1) is 11.3 Å². The van der Waals surface area contributed by atoms with Crippen LogP contribution < -0.4 is 5.32 Å². The van der Waals surface area contributed by atoms with Gasteiger partial charge in [-0.2, -0.15) is 5.26 Å². The molecule has 2 aromatic rings. The van der Waals surface area contributed by atoms with Crippen LogP contribution in [-0.4, -0.2) is 23.4 Å². The number of Topliss-reactive ketones (excluding diaryl/α,β-unsaturated/α-hetero) is 1. The lowest BCUT2D eigenvalue weighted by atomic mass is 9.95. The number of piperidine rings is 1. The van der Waals surface area contributed by atoms with Crippen molar-refractivity contribution in [3.05, 3.63) is 35.5 Å². The van der Waals surface area contributed by atoms with E-state index in [0.29, 0.717) is 11.1 Å². The summed E-state index contributed by atoms with van der Waals surface area (Å²) in [6.07, 6.45) is 4.81. The summed E-state index contributed by atoms with van der Waals surface area (Å²) in [7, 11) is 0. The second-order valence-corrected chi connectivity index (χ2v) is 4.91. The first kappa shape index (κ1) is 11.9. The monoisotopic (exact) mass is 253 g/mol. The normalized spacial score (nSPS) is 19.2. The van der Waals surface area contributed by atoms with Gasteiger partial charge in [0.15, 0.2) is 5.78 Å². The van der Waals surface area contributed by atoms with Gasteiger partial charge in [0.2, 0.25) is 0 Å². The number of hydrogen-bond donors (Lipinski definition) is 2. The molecule has 3 rings (SSSR count). The van der Waals surface area contributed by atoms with Crippen molar-refractivity contribution in [1.82, 2.24) is 10.3 Å². The maximum atomic E-state index is 12.6. The number of aromatic nitrogens is 1. The highest BCUT2D eigenvalue weighted by atomic mass is 16.1. The highest BCUT2D eigenvalue weighted by Gasteiger charge is 2.24. The van der Waals surface area contributed by atoms with E-state index < -0.39 is 0 Å². The third kappa shape index (κ3) is 2.02. The zero-order valence-electron chi connectivity index (χ0n) is 10.6. The lowest BCUT2D eigenvalue weighted by Crippen LogP contribution is -2.40. The van der Waals surface area contributed by atoms with E-state index in [-0.39, 0.29) is 11.8 Å². The summed E-state index contributed by atoms with van der Waals surface area (Å²) in [5.41, 5.74) is 2.03. The van der Waals surface area contributed by atoms with Crippen LogP contribution in [0.4, 0.5) is 0 Å². The van der Waals surface area contributed by atoms with Crippen LogP contribution in [0.5, 0.6) is 0 Å². The summed E-state index contributed by atoms with van der Waals surface area (Å²) in [4.78, 5) is 15.6. The van der Waals surface area contributed by atoms with Crippen molar-refractivity contribution >= 4 is 16.7 Å². The first-order valence-corrected chi connectivity index (χ1v) is 6.59. The Labute approximate surface area is 111 Å². The second kappa shape index (κ2) is 4.87. The molecule has 0 radical (unpaired) electrons. The zero-order valence-corrected chi connectivity index (χ0v) is 10.6. The molecule has 4 nitrogen and oxygen atoms in total. The van der Waals surface area contributed by atoms with Crippen molar-refractivity contribution in [3.63, 3.8) is 0 Å². The quantitative estimate of drug-likeness (QED) is 0.807. The minimum absolute atomic E-state index is 0.0913. The number of nitrogens with zero attached hydrogens (tertiary/aromatic N) is 1. The largest absolute Gasteiger partial charge is 0.360 e. The molecule has 2 heterocycles. The molecule has 1 aromatic heterocycles. The molecule has 1 aliphatic rings. The number of nitriles is 1. The van der Waals surface area contributed by atoms with Gasteiger partial charge in [-0.3, -0.25) is 4.79 Å². The van der Waals surface area contributed by atoms with Crippen LogP contribution in [0.2, 0.25) is 0 Å². The third-order valence-electron chi connectivity index (χ3n) is 3.72. The Morgan fingerprint density at radius 3 is 3.00 bits per heavy atom. The first-order chi connectivity index (χ1) is 9.31. The Bertz CT molecular complexity index is 660. The fourth-order valence-electron chi connectivity index (χ4n) is 2.74. The molecule has 1 aliphatic heterocycles. The molecule has 0 saturated carbocycles. The minimum Gasteiger partial charge on any atom is -0.360 e. The molecule has 0 amide bonds. The Kier molecular flexibility index (Phi) is 3.06. The van der Waals surface area contributed by atoms with Crippen molar-refractivity contribution < 1.29 is 4.79 Å². The maximum Gasteiger partial charge on any atom is 0.181 e. The van der Waals surface area contributed by atoms with E-state index in [1.165, 1.54) is 0 Å². The first-order valence-electron chi connectivity index (χ1n) is 6.59. The van der Waals surface area contributed by atoms with E-state index in [9.17, 15) is 10.1 Å². The van der Waals surface area contributed by atoms with Gasteiger partial charge >= 0.3 is 0 Å². The van der Waals surface area contributed by atoms with Crippen LogP contribution in [-0.2, 0) is 0 Å². The molecule has 96 valence electrons. The second-order valence-electron chi connectivity index (χ2n) is 4.91.